The van der Waals surface area contributed by atoms with E-state index in [-0.39, 0.29) is 17.9 Å². The van der Waals surface area contributed by atoms with E-state index in [0.29, 0.717) is 11.4 Å². The van der Waals surface area contributed by atoms with Gasteiger partial charge in [-0.2, -0.15) is 0 Å². The topological polar surface area (TPSA) is 51.3 Å². The number of anilines is 1. The molecule has 0 saturated carbocycles. The molecule has 2 heterocycles. The van der Waals surface area contributed by atoms with Crippen molar-refractivity contribution in [2.45, 2.75) is 25.9 Å². The Morgan fingerprint density at radius 2 is 1.83 bits per heavy atom. The fraction of sp³-hybridized carbons (Fsp3) is 0.381. The molecule has 8 heteroatoms. The molecule has 4 rings (SSSR count). The summed E-state index contributed by atoms with van der Waals surface area (Å²) >= 11 is 6.16. The number of quaternary nitrogens is 1. The van der Waals surface area contributed by atoms with Gasteiger partial charge in [-0.3, -0.25) is 0 Å². The van der Waals surface area contributed by atoms with E-state index in [1.54, 1.807) is 10.7 Å². The highest BCUT2D eigenvalue weighted by atomic mass is 35.5. The van der Waals surface area contributed by atoms with Gasteiger partial charge >= 0.3 is 0 Å². The molecule has 2 aromatic carbocycles. The molecule has 0 spiro atoms. The maximum atomic E-state index is 14.8. The first-order valence-electron chi connectivity index (χ1n) is 9.92. The maximum absolute atomic E-state index is 14.8. The summed E-state index contributed by atoms with van der Waals surface area (Å²) in [5, 5.41) is 13.1. The van der Waals surface area contributed by atoms with Crippen molar-refractivity contribution in [1.29, 1.82) is 0 Å². The van der Waals surface area contributed by atoms with Crippen LogP contribution in [0.25, 0.3) is 0 Å². The fourth-order valence-corrected chi connectivity index (χ4v) is 4.21. The summed E-state index contributed by atoms with van der Waals surface area (Å²) in [6.07, 6.45) is 0. The third kappa shape index (κ3) is 4.11. The van der Waals surface area contributed by atoms with Gasteiger partial charge in [0.25, 0.3) is 0 Å². The highest BCUT2D eigenvalue weighted by molar-refractivity contribution is 6.30. The second kappa shape index (κ2) is 8.47. The zero-order chi connectivity index (χ0) is 20.4. The number of benzene rings is 2. The molecule has 1 aromatic heterocycles. The number of rotatable bonds is 5. The van der Waals surface area contributed by atoms with E-state index in [4.69, 9.17) is 11.6 Å². The molecular weight excluding hydrogens is 391 g/mol. The summed E-state index contributed by atoms with van der Waals surface area (Å²) < 4.78 is 16.6. The monoisotopic (exact) mass is 415 g/mol. The highest BCUT2D eigenvalue weighted by Gasteiger charge is 2.36. The molecule has 152 valence electrons. The molecule has 0 aliphatic carbocycles. The molecule has 1 atom stereocenters. The largest absolute Gasteiger partial charge is 0.360 e. The van der Waals surface area contributed by atoms with Crippen molar-refractivity contribution in [3.8, 4) is 0 Å². The Balaban J connectivity index is 1.63. The lowest BCUT2D eigenvalue weighted by Gasteiger charge is -2.37. The van der Waals surface area contributed by atoms with Crippen molar-refractivity contribution >= 4 is 17.3 Å². The predicted octanol–water partition coefficient (Wildman–Crippen LogP) is 2.54. The molecule has 1 aliphatic heterocycles. The zero-order valence-electron chi connectivity index (χ0n) is 16.6. The van der Waals surface area contributed by atoms with E-state index in [1.807, 2.05) is 44.2 Å². The first kappa shape index (κ1) is 19.8. The maximum Gasteiger partial charge on any atom is 0.214 e. The minimum Gasteiger partial charge on any atom is -0.360 e. The fourth-order valence-electron chi connectivity index (χ4n) is 4.02. The minimum absolute atomic E-state index is 0.0985. The van der Waals surface area contributed by atoms with Crippen molar-refractivity contribution in [3.05, 3.63) is 70.8 Å². The third-order valence-electron chi connectivity index (χ3n) is 5.47. The predicted molar refractivity (Wildman–Crippen MR) is 111 cm³/mol. The van der Waals surface area contributed by atoms with Gasteiger partial charge in [-0.05, 0) is 54.6 Å². The van der Waals surface area contributed by atoms with E-state index >= 15 is 0 Å². The molecule has 0 amide bonds. The normalized spacial score (nSPS) is 16.4. The molecule has 29 heavy (non-hydrogen) atoms. The smallest absolute Gasteiger partial charge is 0.214 e. The van der Waals surface area contributed by atoms with E-state index < -0.39 is 0 Å². The summed E-state index contributed by atoms with van der Waals surface area (Å²) in [4.78, 5) is 3.57. The Kier molecular flexibility index (Phi) is 5.78. The molecule has 1 fully saturated rings. The van der Waals surface area contributed by atoms with Crippen molar-refractivity contribution in [2.75, 3.05) is 31.1 Å². The lowest BCUT2D eigenvalue weighted by Crippen LogP contribution is -3.15. The van der Waals surface area contributed by atoms with Gasteiger partial charge in [-0.15, -0.1) is 5.10 Å². The molecule has 1 N–H and O–H groups in total. The number of nitrogens with one attached hydrogen (secondary N) is 1. The van der Waals surface area contributed by atoms with Gasteiger partial charge in [-0.1, -0.05) is 29.8 Å². The average Bonchev–Trinajstić information content (AvgIpc) is 3.20. The number of tetrazole rings is 1. The van der Waals surface area contributed by atoms with Crippen molar-refractivity contribution in [2.24, 2.45) is 0 Å². The van der Waals surface area contributed by atoms with Gasteiger partial charge in [0.15, 0.2) is 6.04 Å². The van der Waals surface area contributed by atoms with Crippen LogP contribution in [0, 0.1) is 5.82 Å². The molecule has 0 unspecified atom stereocenters. The summed E-state index contributed by atoms with van der Waals surface area (Å²) in [6.45, 7) is 7.45. The zero-order valence-corrected chi connectivity index (χ0v) is 17.3. The second-order valence-corrected chi connectivity index (χ2v) is 8.09. The van der Waals surface area contributed by atoms with Crippen molar-refractivity contribution in [1.82, 2.24) is 20.2 Å². The Hall–Kier alpha value is -2.51. The second-order valence-electron chi connectivity index (χ2n) is 7.66. The van der Waals surface area contributed by atoms with Crippen LogP contribution < -0.4 is 9.80 Å². The average molecular weight is 416 g/mol. The molecule has 6 nitrogen and oxygen atoms in total. The van der Waals surface area contributed by atoms with Crippen LogP contribution in [0.3, 0.4) is 0 Å². The number of nitrogens with zero attached hydrogens (tertiary/aromatic N) is 5. The first-order chi connectivity index (χ1) is 14.0. The quantitative estimate of drug-likeness (QED) is 0.695. The van der Waals surface area contributed by atoms with Crippen molar-refractivity contribution < 1.29 is 9.29 Å². The van der Waals surface area contributed by atoms with Gasteiger partial charge in [-0.25, -0.2) is 9.07 Å². The molecule has 1 aliphatic rings. The van der Waals surface area contributed by atoms with Crippen LogP contribution in [-0.2, 0) is 0 Å². The van der Waals surface area contributed by atoms with Crippen LogP contribution in [0.1, 0.15) is 37.3 Å². The molecule has 1 saturated heterocycles. The number of aromatic nitrogens is 4. The van der Waals surface area contributed by atoms with Gasteiger partial charge in [0.2, 0.25) is 5.82 Å². The summed E-state index contributed by atoms with van der Waals surface area (Å²) in [5.41, 5.74) is 1.75. The van der Waals surface area contributed by atoms with Crippen LogP contribution >= 0.6 is 11.6 Å². The Morgan fingerprint density at radius 3 is 2.52 bits per heavy atom. The SMILES string of the molecule is CC(C)n1nnnc1[C@@H](c1ccccc1F)[NH+]1CCN(c2cccc(Cl)c2)CC1. The van der Waals surface area contributed by atoms with E-state index in [9.17, 15) is 4.39 Å². The highest BCUT2D eigenvalue weighted by Crippen LogP contribution is 2.23. The number of hydrogen-bond donors (Lipinski definition) is 1. The summed E-state index contributed by atoms with van der Waals surface area (Å²) in [5.74, 6) is 0.483. The standard InChI is InChI=1S/C21H24ClFN6/c1-15(2)29-21(24-25-26-29)20(18-8-3-4-9-19(18)23)28-12-10-27(11-13-28)17-7-5-6-16(22)14-17/h3-9,14-15,20H,10-13H2,1-2H3/p+1/t20-/m1/s1. The minimum atomic E-state index is -0.255. The number of hydrogen-bond acceptors (Lipinski definition) is 4. The number of piperazine rings is 1. The third-order valence-corrected chi connectivity index (χ3v) is 5.70. The van der Waals surface area contributed by atoms with Crippen LogP contribution in [0.5, 0.6) is 0 Å². The van der Waals surface area contributed by atoms with Gasteiger partial charge in [0.1, 0.15) is 5.82 Å². The van der Waals surface area contributed by atoms with E-state index in [1.165, 1.54) is 11.0 Å². The number of halogens is 2. The molecule has 3 aromatic rings. The summed E-state index contributed by atoms with van der Waals surface area (Å²) in [7, 11) is 0. The first-order valence-corrected chi connectivity index (χ1v) is 10.3. The Morgan fingerprint density at radius 1 is 1.07 bits per heavy atom. The van der Waals surface area contributed by atoms with Gasteiger partial charge in [0, 0.05) is 10.7 Å². The molecule has 0 radical (unpaired) electrons. The van der Waals surface area contributed by atoms with Crippen molar-refractivity contribution in [3.63, 3.8) is 0 Å². The van der Waals surface area contributed by atoms with Gasteiger partial charge in [0.05, 0.1) is 37.8 Å². The van der Waals surface area contributed by atoms with Crippen LogP contribution in [0.4, 0.5) is 10.1 Å². The van der Waals surface area contributed by atoms with E-state index in [0.717, 1.165) is 36.9 Å². The molecular formula is C21H25ClFN6+. The van der Waals surface area contributed by atoms with E-state index in [2.05, 4.69) is 26.5 Å². The summed E-state index contributed by atoms with van der Waals surface area (Å²) in [6, 6.07) is 14.7. The lowest BCUT2D eigenvalue weighted by molar-refractivity contribution is -0.927. The Labute approximate surface area is 174 Å². The molecule has 0 bridgehead atoms. The Bertz CT molecular complexity index is 967. The lowest BCUT2D eigenvalue weighted by atomic mass is 10.0. The van der Waals surface area contributed by atoms with Crippen LogP contribution in [0.15, 0.2) is 48.5 Å². The van der Waals surface area contributed by atoms with Crippen LogP contribution in [-0.4, -0.2) is 46.4 Å². The van der Waals surface area contributed by atoms with Gasteiger partial charge < -0.3 is 9.80 Å². The van der Waals surface area contributed by atoms with Crippen LogP contribution in [0.2, 0.25) is 5.02 Å².